The number of likely N-dealkylation sites (N-methyl/N-ethyl adjacent to an activating group) is 3. The predicted molar refractivity (Wildman–Crippen MR) is 246 cm³/mol. The highest BCUT2D eigenvalue weighted by atomic mass is 19.3. The highest BCUT2D eigenvalue weighted by molar-refractivity contribution is 6.08. The summed E-state index contributed by atoms with van der Waals surface area (Å²) in [6.45, 7) is 8.82. The van der Waals surface area contributed by atoms with Crippen LogP contribution in [0.15, 0.2) is 47.7 Å². The number of halogens is 2. The van der Waals surface area contributed by atoms with Crippen molar-refractivity contribution in [2.75, 3.05) is 84.4 Å². The average molecular weight is 919 g/mol. The van der Waals surface area contributed by atoms with Gasteiger partial charge in [0.1, 0.15) is 17.4 Å². The van der Waals surface area contributed by atoms with E-state index in [9.17, 15) is 28.0 Å². The molecule has 18 nitrogen and oxygen atoms in total. The van der Waals surface area contributed by atoms with Gasteiger partial charge in [-0.05, 0) is 76.7 Å². The van der Waals surface area contributed by atoms with Crippen LogP contribution in [0.1, 0.15) is 111 Å². The number of carbonyl (C=O) groups excluding carboxylic acids is 3. The summed E-state index contributed by atoms with van der Waals surface area (Å²) in [5.74, 6) is -0.207. The molecular weight excluding hydrogens is 855 g/mol. The summed E-state index contributed by atoms with van der Waals surface area (Å²) in [6, 6.07) is 7.10. The molecule has 66 heavy (non-hydrogen) atoms. The first-order chi connectivity index (χ1) is 31.8. The molecule has 0 spiro atoms. The topological polar surface area (TPSA) is 178 Å². The maximum Gasteiger partial charge on any atom is 0.329 e. The number of piperidine rings is 1. The van der Waals surface area contributed by atoms with Crippen molar-refractivity contribution in [1.82, 2.24) is 48.6 Å². The van der Waals surface area contributed by atoms with Gasteiger partial charge < -0.3 is 29.5 Å². The number of hydrogen-bond donors (Lipinski definition) is 2. The number of ether oxygens (including phenoxy) is 2. The Morgan fingerprint density at radius 3 is 2.33 bits per heavy atom. The maximum atomic E-state index is 13.7. The summed E-state index contributed by atoms with van der Waals surface area (Å²) in [5.41, 5.74) is 2.67. The first-order valence-corrected chi connectivity index (χ1v) is 23.0. The van der Waals surface area contributed by atoms with E-state index < -0.39 is 30.0 Å². The first kappa shape index (κ1) is 48.4. The van der Waals surface area contributed by atoms with Crippen LogP contribution in [0.3, 0.4) is 0 Å². The van der Waals surface area contributed by atoms with E-state index in [2.05, 4.69) is 49.7 Å². The van der Waals surface area contributed by atoms with E-state index in [1.807, 2.05) is 36.1 Å². The second-order valence-corrected chi connectivity index (χ2v) is 17.7. The molecule has 4 aliphatic rings. The third-order valence-corrected chi connectivity index (χ3v) is 13.3. The monoisotopic (exact) mass is 919 g/mol. The molecular formula is C46H64F2N12O6. The summed E-state index contributed by atoms with van der Waals surface area (Å²) >= 11 is 0. The number of aryl methyl sites for hydroxylation is 1. The van der Waals surface area contributed by atoms with Crippen LogP contribution in [-0.4, -0.2) is 141 Å². The zero-order valence-electron chi connectivity index (χ0n) is 38.9. The molecule has 2 N–H and O–H groups in total. The lowest BCUT2D eigenvalue weighted by molar-refractivity contribution is -0.135. The third-order valence-electron chi connectivity index (χ3n) is 13.3. The number of piperazine rings is 1. The number of methoxy groups -OCH3 is 2. The third kappa shape index (κ3) is 10.8. The molecule has 0 bridgehead atoms. The van der Waals surface area contributed by atoms with Crippen LogP contribution in [0.5, 0.6) is 0 Å². The van der Waals surface area contributed by atoms with Gasteiger partial charge in [-0.3, -0.25) is 33.5 Å². The molecule has 1 aromatic carbocycles. The van der Waals surface area contributed by atoms with E-state index in [0.717, 1.165) is 61.5 Å². The molecule has 9 rings (SSSR count). The van der Waals surface area contributed by atoms with Crippen molar-refractivity contribution >= 4 is 45.9 Å². The largest absolute Gasteiger partial charge is 0.383 e. The fourth-order valence-corrected chi connectivity index (χ4v) is 9.16. The van der Waals surface area contributed by atoms with Crippen molar-refractivity contribution < 1.29 is 32.6 Å². The molecule has 358 valence electrons. The second kappa shape index (κ2) is 21.8. The van der Waals surface area contributed by atoms with E-state index in [1.54, 1.807) is 36.7 Å². The number of benzene rings is 1. The summed E-state index contributed by atoms with van der Waals surface area (Å²) in [7, 11) is 9.44. The Hall–Kier alpha value is -5.57. The standard InChI is InChI=1S/C22H29F2N7O2.C18H21N3O4.C6H14N2/c1-3-29(11-12-33-2)18-9-10-30-21(27-18)16(13-25-30)22(32)26-17-14-31(28-19(17)20(23)24)15-7-5-4-6-8-15;1-20-16-12(10-8-11(9-10)25-2)4-3-5-13(16)21(18(20)24)14-6-7-15(22)19-17(14)23;1-7-3-5-8(2)6-4-7/h9-10,13-15,20H,3-8,11-12H2,1-2H3,(H,26,32);3-5,10-11,14H,6-9H2,1-2H3,(H,19,22,23);3-6H2,1-2H3. The number of imide groups is 1. The van der Waals surface area contributed by atoms with Gasteiger partial charge >= 0.3 is 5.69 Å². The Morgan fingerprint density at radius 1 is 0.985 bits per heavy atom. The predicted octanol–water partition coefficient (Wildman–Crippen LogP) is 5.17. The smallest absolute Gasteiger partial charge is 0.329 e. The molecule has 5 aromatic rings. The molecule has 2 saturated heterocycles. The van der Waals surface area contributed by atoms with Crippen LogP contribution < -0.4 is 21.2 Å². The van der Waals surface area contributed by atoms with E-state index in [0.29, 0.717) is 43.5 Å². The number of imidazole rings is 1. The molecule has 2 aliphatic heterocycles. The number of anilines is 2. The van der Waals surface area contributed by atoms with Gasteiger partial charge in [0.25, 0.3) is 12.3 Å². The summed E-state index contributed by atoms with van der Waals surface area (Å²) < 4.78 is 44.1. The number of alkyl halides is 2. The van der Waals surface area contributed by atoms with Gasteiger partial charge in [-0.2, -0.15) is 10.2 Å². The molecule has 1 atom stereocenters. The molecule has 4 fully saturated rings. The van der Waals surface area contributed by atoms with Gasteiger partial charge in [0.05, 0.1) is 41.7 Å². The number of rotatable bonds is 12. The molecule has 20 heteroatoms. The average Bonchev–Trinajstić information content (AvgIpc) is 4.00. The number of carbonyl (C=O) groups is 3. The fraction of sp³-hybridized carbons (Fsp3) is 0.587. The molecule has 2 saturated carbocycles. The SMILES string of the molecule is CCN(CCOC)c1ccn2ncc(C(=O)Nc3cn(C4CCCCC4)nc3C(F)F)c2n1.CN1CCN(C)CC1.COC1CC(c2cccc3c2n(C)c(=O)n3C2CCC(=O)NC2=O)C1. The molecule has 1 unspecified atom stereocenters. The molecule has 6 heterocycles. The van der Waals surface area contributed by atoms with Crippen molar-refractivity contribution in [1.29, 1.82) is 0 Å². The number of hydrogen-bond acceptors (Lipinski definition) is 12. The lowest BCUT2D eigenvalue weighted by Crippen LogP contribution is -2.44. The van der Waals surface area contributed by atoms with Crippen molar-refractivity contribution in [3.63, 3.8) is 0 Å². The van der Waals surface area contributed by atoms with E-state index in [-0.39, 0.29) is 41.4 Å². The zero-order valence-corrected chi connectivity index (χ0v) is 38.9. The lowest BCUT2D eigenvalue weighted by atomic mass is 9.77. The van der Waals surface area contributed by atoms with Crippen LogP contribution >= 0.6 is 0 Å². The minimum absolute atomic E-state index is 0.0198. The minimum Gasteiger partial charge on any atom is -0.383 e. The second-order valence-electron chi connectivity index (χ2n) is 17.7. The number of aromatic nitrogens is 7. The maximum absolute atomic E-state index is 13.7. The quantitative estimate of drug-likeness (QED) is 0.157. The van der Waals surface area contributed by atoms with Crippen molar-refractivity contribution in [3.05, 3.63) is 70.2 Å². The molecule has 3 amide bonds. The Labute approximate surface area is 383 Å². The van der Waals surface area contributed by atoms with Crippen LogP contribution in [0.25, 0.3) is 16.7 Å². The Balaban J connectivity index is 0.000000172. The summed E-state index contributed by atoms with van der Waals surface area (Å²) in [5, 5.41) is 13.2. The van der Waals surface area contributed by atoms with Gasteiger partial charge in [-0.15, -0.1) is 0 Å². The van der Waals surface area contributed by atoms with Gasteiger partial charge in [-0.1, -0.05) is 31.4 Å². The van der Waals surface area contributed by atoms with Gasteiger partial charge in [0.2, 0.25) is 11.8 Å². The minimum atomic E-state index is -2.79. The number of para-hydroxylation sites is 1. The Bertz CT molecular complexity index is 2510. The normalized spacial score (nSPS) is 20.7. The highest BCUT2D eigenvalue weighted by Gasteiger charge is 2.35. The van der Waals surface area contributed by atoms with Crippen LogP contribution in [0, 0.1) is 0 Å². The molecule has 2 aliphatic carbocycles. The van der Waals surface area contributed by atoms with Crippen molar-refractivity contribution in [3.8, 4) is 0 Å². The van der Waals surface area contributed by atoms with Gasteiger partial charge in [0.15, 0.2) is 11.3 Å². The number of nitrogens with zero attached hydrogens (tertiary/aromatic N) is 10. The molecule has 0 radical (unpaired) electrons. The van der Waals surface area contributed by atoms with Gasteiger partial charge in [-0.25, -0.2) is 23.1 Å². The summed E-state index contributed by atoms with van der Waals surface area (Å²) in [4.78, 5) is 60.9. The van der Waals surface area contributed by atoms with E-state index in [1.165, 1.54) is 47.7 Å². The summed E-state index contributed by atoms with van der Waals surface area (Å²) in [6.07, 6.45) is 9.61. The van der Waals surface area contributed by atoms with Crippen molar-refractivity contribution in [2.24, 2.45) is 7.05 Å². The highest BCUT2D eigenvalue weighted by Crippen LogP contribution is 2.41. The van der Waals surface area contributed by atoms with Crippen LogP contribution in [-0.2, 0) is 26.1 Å². The number of fused-ring (bicyclic) bond motifs is 2. The Kier molecular flexibility index (Phi) is 16.0. The van der Waals surface area contributed by atoms with Crippen molar-refractivity contribution in [2.45, 2.75) is 95.2 Å². The van der Waals surface area contributed by atoms with Gasteiger partial charge in [0, 0.05) is 79.4 Å². The number of nitrogens with one attached hydrogen (secondary N) is 2. The van der Waals surface area contributed by atoms with Crippen LogP contribution in [0.2, 0.25) is 0 Å². The van der Waals surface area contributed by atoms with E-state index in [4.69, 9.17) is 9.47 Å². The fourth-order valence-electron chi connectivity index (χ4n) is 9.16. The number of amides is 3. The Morgan fingerprint density at radius 2 is 1.70 bits per heavy atom. The van der Waals surface area contributed by atoms with Crippen LogP contribution in [0.4, 0.5) is 20.3 Å². The molecule has 4 aromatic heterocycles. The van der Waals surface area contributed by atoms with E-state index >= 15 is 0 Å². The first-order valence-electron chi connectivity index (χ1n) is 23.0. The lowest BCUT2D eigenvalue weighted by Gasteiger charge is -2.34. The zero-order chi connectivity index (χ0) is 47.1.